The van der Waals surface area contributed by atoms with Crippen LogP contribution >= 0.6 is 17.0 Å². The van der Waals surface area contributed by atoms with E-state index in [2.05, 4.69) is 41.0 Å². The van der Waals surface area contributed by atoms with Gasteiger partial charge >= 0.3 is 6.61 Å². The molecule has 6 heterocycles. The van der Waals surface area contributed by atoms with E-state index in [1.165, 1.54) is 12.4 Å². The minimum Gasteiger partial charge on any atom is -0.352 e. The van der Waals surface area contributed by atoms with Crippen molar-refractivity contribution in [2.45, 2.75) is 47.1 Å². The maximum absolute atomic E-state index is 12.5. The van der Waals surface area contributed by atoms with Crippen LogP contribution in [0.1, 0.15) is 40.5 Å². The van der Waals surface area contributed by atoms with Gasteiger partial charge in [-0.05, 0) is 37.8 Å². The second kappa shape index (κ2) is 15.3. The molecule has 0 bridgehead atoms. The normalized spacial score (nSPS) is 20.0. The summed E-state index contributed by atoms with van der Waals surface area (Å²) >= 11 is 0. The average Bonchev–Trinajstić information content (AvgIpc) is 3.57. The number of alkyl halides is 2. The molecule has 0 amide bonds. The van der Waals surface area contributed by atoms with E-state index < -0.39 is 26.7 Å². The highest BCUT2D eigenvalue weighted by Gasteiger charge is 2.38. The van der Waals surface area contributed by atoms with Crippen molar-refractivity contribution in [3.63, 3.8) is 0 Å². The van der Waals surface area contributed by atoms with E-state index in [-0.39, 0.29) is 23.7 Å². The molecule has 50 heavy (non-hydrogen) atoms. The molecule has 6 rings (SSSR count). The van der Waals surface area contributed by atoms with E-state index in [1.807, 2.05) is 25.7 Å². The predicted molar refractivity (Wildman–Crippen MR) is 189 cm³/mol. The van der Waals surface area contributed by atoms with Gasteiger partial charge in [-0.2, -0.15) is 8.78 Å². The first kappa shape index (κ1) is 39.1. The Hall–Kier alpha value is -3.66. The lowest BCUT2D eigenvalue weighted by Gasteiger charge is -2.40. The van der Waals surface area contributed by atoms with E-state index in [1.54, 1.807) is 17.3 Å². The Morgan fingerprint density at radius 3 is 1.68 bits per heavy atom. The summed E-state index contributed by atoms with van der Waals surface area (Å²) in [6.07, 6.45) is 10.2. The van der Waals surface area contributed by atoms with Crippen LogP contribution < -0.4 is 9.44 Å². The van der Waals surface area contributed by atoms with Crippen molar-refractivity contribution in [1.29, 1.82) is 0 Å². The van der Waals surface area contributed by atoms with Gasteiger partial charge in [0.2, 0.25) is 20.0 Å². The van der Waals surface area contributed by atoms with Crippen molar-refractivity contribution < 1.29 is 35.7 Å². The number of nitrogens with one attached hydrogen (secondary N) is 2. The molecule has 6 aliphatic rings. The summed E-state index contributed by atoms with van der Waals surface area (Å²) in [5.41, 5.74) is 5.18. The molecule has 6 aliphatic heterocycles. The highest BCUT2D eigenvalue weighted by molar-refractivity contribution is 8.93. The molecule has 3 N–H and O–H groups in total. The fourth-order valence-electron chi connectivity index (χ4n) is 6.18. The number of halogens is 3. The van der Waals surface area contributed by atoms with Crippen LogP contribution in [-0.4, -0.2) is 123 Å². The van der Waals surface area contributed by atoms with Crippen LogP contribution in [0.15, 0.2) is 79.4 Å². The third-order valence-electron chi connectivity index (χ3n) is 7.89. The number of rotatable bonds is 10. The first-order valence-electron chi connectivity index (χ1n) is 15.6. The first-order valence-corrected chi connectivity index (χ1v) is 19.4. The first-order chi connectivity index (χ1) is 23.0. The number of hydrogen-bond acceptors (Lipinski definition) is 14. The highest BCUT2D eigenvalue weighted by Crippen LogP contribution is 2.37. The van der Waals surface area contributed by atoms with Crippen LogP contribution in [-0.2, 0) is 24.9 Å². The summed E-state index contributed by atoms with van der Waals surface area (Å²) in [6, 6.07) is 0. The molecule has 21 heteroatoms. The van der Waals surface area contributed by atoms with Crippen LogP contribution in [0.5, 0.6) is 0 Å². The number of aliphatic imine (C=N–C) groups is 2. The Kier molecular flexibility index (Phi) is 12.0. The fraction of sp³-hybridized carbons (Fsp3) is 0.517. The Balaban J connectivity index is 0.000000222. The smallest absolute Gasteiger partial charge is 0.352 e. The van der Waals surface area contributed by atoms with Crippen LogP contribution in [0, 0.1) is 0 Å². The summed E-state index contributed by atoms with van der Waals surface area (Å²) in [5.74, 6) is 1.51. The standard InChI is InChI=1S/C15H21F2N5O3S.C14H21N5O3S.BrH/c1-4-5-20-7-10(2)12(19-26(3,23)24)13-14(20)22-9-21(25-15(16)17)8-11(22)6-18-13;1-4-5-17-7-10(2)12(16-23(3,21)22)13-14(17)19-9-18(20)8-11(19)6-15-13;/h6,8,15,19H,4-5,7,9H2,1-3H3;6,8,16,20H,4-5,7,9H2,1-3H3;1H. The lowest BCUT2D eigenvalue weighted by Crippen LogP contribution is -2.44. The maximum Gasteiger partial charge on any atom is 0.365 e. The van der Waals surface area contributed by atoms with Crippen LogP contribution in [0.3, 0.4) is 0 Å². The highest BCUT2D eigenvalue weighted by atomic mass is 79.9. The van der Waals surface area contributed by atoms with Crippen molar-refractivity contribution in [2.24, 2.45) is 9.98 Å². The minimum atomic E-state index is -3.49. The molecule has 16 nitrogen and oxygen atoms in total. The SMILES string of the molecule is Br.CCCN1CC(C)=C(NS(C)(=O)=O)C2=C1N1CN(O)C=C1C=N2.CCCN1CC(C)=C(NS(C)(=O)=O)C2=C1N1CN(OC(F)F)C=C1C=N2. The molecule has 0 aliphatic carbocycles. The van der Waals surface area contributed by atoms with Crippen molar-refractivity contribution in [3.05, 3.63) is 69.4 Å². The van der Waals surface area contributed by atoms with Gasteiger partial charge in [0.05, 0.1) is 60.1 Å². The summed E-state index contributed by atoms with van der Waals surface area (Å²) in [4.78, 5) is 21.3. The Bertz CT molecular complexity index is 1840. The molecular formula is C29H43BrF2N10O6S2. The van der Waals surface area contributed by atoms with Gasteiger partial charge in [-0.1, -0.05) is 13.8 Å². The van der Waals surface area contributed by atoms with Gasteiger partial charge in [0.15, 0.2) is 0 Å². The van der Waals surface area contributed by atoms with Crippen molar-refractivity contribution in [3.8, 4) is 0 Å². The molecule has 0 aromatic rings. The molecule has 0 atom stereocenters. The third-order valence-corrected chi connectivity index (χ3v) is 9.04. The van der Waals surface area contributed by atoms with E-state index in [9.17, 15) is 30.8 Å². The Morgan fingerprint density at radius 2 is 1.26 bits per heavy atom. The molecule has 0 saturated heterocycles. The molecule has 0 unspecified atom stereocenters. The third kappa shape index (κ3) is 8.61. The van der Waals surface area contributed by atoms with Gasteiger partial charge in [0.1, 0.15) is 36.4 Å². The van der Waals surface area contributed by atoms with Gasteiger partial charge in [-0.15, -0.1) is 17.0 Å². The van der Waals surface area contributed by atoms with Gasteiger partial charge in [-0.25, -0.2) is 41.8 Å². The number of allylic oxidation sites excluding steroid dienone is 2. The number of hydrogen-bond donors (Lipinski definition) is 3. The average molecular weight is 810 g/mol. The molecular weight excluding hydrogens is 766 g/mol. The maximum atomic E-state index is 12.5. The number of sulfonamides is 2. The van der Waals surface area contributed by atoms with E-state index >= 15 is 0 Å². The number of fused-ring (bicyclic) bond motifs is 4. The quantitative estimate of drug-likeness (QED) is 0.296. The Labute approximate surface area is 301 Å². The second-order valence-corrected chi connectivity index (χ2v) is 15.7. The zero-order valence-corrected chi connectivity index (χ0v) is 31.9. The summed E-state index contributed by atoms with van der Waals surface area (Å²) in [5, 5.41) is 11.9. The minimum absolute atomic E-state index is 0. The van der Waals surface area contributed by atoms with Crippen LogP contribution in [0.4, 0.5) is 8.78 Å². The van der Waals surface area contributed by atoms with Crippen LogP contribution in [0.2, 0.25) is 0 Å². The molecule has 0 saturated carbocycles. The van der Waals surface area contributed by atoms with Gasteiger partial charge < -0.3 is 19.6 Å². The lowest BCUT2D eigenvalue weighted by molar-refractivity contribution is -0.263. The predicted octanol–water partition coefficient (Wildman–Crippen LogP) is 2.53. The topological polar surface area (TPSA) is 166 Å². The molecule has 0 aromatic carbocycles. The lowest BCUT2D eigenvalue weighted by atomic mass is 10.1. The molecule has 278 valence electrons. The van der Waals surface area contributed by atoms with E-state index in [0.29, 0.717) is 54.1 Å². The summed E-state index contributed by atoms with van der Waals surface area (Å²) < 4.78 is 77.1. The van der Waals surface area contributed by atoms with Gasteiger partial charge in [0.25, 0.3) is 0 Å². The van der Waals surface area contributed by atoms with Gasteiger partial charge in [0, 0.05) is 26.2 Å². The molecule has 0 radical (unpaired) electrons. The second-order valence-electron chi connectivity index (χ2n) is 12.2. The summed E-state index contributed by atoms with van der Waals surface area (Å²) in [6.45, 7) is 7.99. The molecule has 0 spiro atoms. The van der Waals surface area contributed by atoms with Gasteiger partial charge in [-0.3, -0.25) is 14.7 Å². The molecule has 0 fully saturated rings. The van der Waals surface area contributed by atoms with Crippen LogP contribution in [0.25, 0.3) is 0 Å². The van der Waals surface area contributed by atoms with Crippen molar-refractivity contribution in [1.82, 2.24) is 39.2 Å². The van der Waals surface area contributed by atoms with E-state index in [0.717, 1.165) is 71.2 Å². The number of hydroxylamine groups is 4. The van der Waals surface area contributed by atoms with E-state index in [4.69, 9.17) is 0 Å². The van der Waals surface area contributed by atoms with Crippen molar-refractivity contribution in [2.75, 3.05) is 52.0 Å². The fourth-order valence-corrected chi connectivity index (χ4v) is 7.47. The largest absolute Gasteiger partial charge is 0.365 e. The zero-order chi connectivity index (χ0) is 35.8. The Morgan fingerprint density at radius 1 is 0.820 bits per heavy atom. The number of nitrogens with zero attached hydrogens (tertiary/aromatic N) is 8. The summed E-state index contributed by atoms with van der Waals surface area (Å²) in [7, 11) is -6.88. The zero-order valence-electron chi connectivity index (χ0n) is 28.6. The van der Waals surface area contributed by atoms with Crippen molar-refractivity contribution >= 4 is 49.5 Å². The monoisotopic (exact) mass is 808 g/mol. The molecule has 0 aromatic heterocycles.